The highest BCUT2D eigenvalue weighted by molar-refractivity contribution is 6.00. The second-order valence-corrected chi connectivity index (χ2v) is 7.35. The summed E-state index contributed by atoms with van der Waals surface area (Å²) in [6, 6.07) is 13.8. The zero-order chi connectivity index (χ0) is 21.5. The topological polar surface area (TPSA) is 103 Å². The first-order valence-corrected chi connectivity index (χ1v) is 9.97. The van der Waals surface area contributed by atoms with Gasteiger partial charge >= 0.3 is 12.1 Å². The van der Waals surface area contributed by atoms with Crippen molar-refractivity contribution in [2.45, 2.75) is 19.8 Å². The Balaban J connectivity index is 1.51. The van der Waals surface area contributed by atoms with Gasteiger partial charge < -0.3 is 26.2 Å². The van der Waals surface area contributed by atoms with E-state index in [1.54, 1.807) is 36.2 Å². The summed E-state index contributed by atoms with van der Waals surface area (Å²) in [5, 5.41) is 11.0. The van der Waals surface area contributed by atoms with Crippen LogP contribution in [0.25, 0.3) is 0 Å². The smallest absolute Gasteiger partial charge is 0.323 e. The Labute approximate surface area is 176 Å². The van der Waals surface area contributed by atoms with Crippen molar-refractivity contribution < 1.29 is 14.4 Å². The van der Waals surface area contributed by atoms with Crippen molar-refractivity contribution in [3.8, 4) is 0 Å². The number of nitrogens with zero attached hydrogens (tertiary/aromatic N) is 1. The molecule has 4 N–H and O–H groups in total. The number of urea groups is 2. The number of nitrogens with one attached hydrogen (secondary N) is 4. The Morgan fingerprint density at radius 2 is 1.40 bits per heavy atom. The number of amides is 5. The average molecular weight is 409 g/mol. The molecular weight excluding hydrogens is 382 g/mol. The molecule has 8 nitrogen and oxygen atoms in total. The second-order valence-electron chi connectivity index (χ2n) is 7.35. The molecular formula is C22H27N5O3. The third-order valence-corrected chi connectivity index (χ3v) is 5.03. The van der Waals surface area contributed by atoms with Crippen LogP contribution in [-0.4, -0.2) is 43.0 Å². The molecule has 0 spiro atoms. The summed E-state index contributed by atoms with van der Waals surface area (Å²) in [6.07, 6.45) is 1.58. The summed E-state index contributed by atoms with van der Waals surface area (Å²) in [6.45, 7) is 3.01. The van der Waals surface area contributed by atoms with Gasteiger partial charge in [-0.3, -0.25) is 4.79 Å². The highest BCUT2D eigenvalue weighted by atomic mass is 16.2. The number of carbonyl (C=O) groups is 3. The molecule has 1 aliphatic heterocycles. The monoisotopic (exact) mass is 409 g/mol. The summed E-state index contributed by atoms with van der Waals surface area (Å²) in [5.74, 6) is -0.208. The van der Waals surface area contributed by atoms with E-state index in [-0.39, 0.29) is 23.9 Å². The minimum atomic E-state index is -0.343. The first-order valence-electron chi connectivity index (χ1n) is 9.97. The summed E-state index contributed by atoms with van der Waals surface area (Å²) < 4.78 is 0. The molecule has 2 aromatic carbocycles. The quantitative estimate of drug-likeness (QED) is 0.620. The Morgan fingerprint density at radius 3 is 1.97 bits per heavy atom. The molecule has 158 valence electrons. The Kier molecular flexibility index (Phi) is 6.90. The number of anilines is 3. The van der Waals surface area contributed by atoms with Gasteiger partial charge in [0.05, 0.1) is 5.92 Å². The fourth-order valence-electron chi connectivity index (χ4n) is 3.35. The first-order chi connectivity index (χ1) is 14.4. The van der Waals surface area contributed by atoms with Crippen molar-refractivity contribution in [2.75, 3.05) is 36.1 Å². The van der Waals surface area contributed by atoms with Crippen LogP contribution in [0.4, 0.5) is 26.7 Å². The number of hydrogen-bond acceptors (Lipinski definition) is 3. The number of hydrogen-bond donors (Lipinski definition) is 4. The molecule has 1 saturated heterocycles. The predicted octanol–water partition coefficient (Wildman–Crippen LogP) is 3.63. The van der Waals surface area contributed by atoms with Crippen molar-refractivity contribution >= 4 is 35.0 Å². The van der Waals surface area contributed by atoms with E-state index in [0.717, 1.165) is 18.4 Å². The van der Waals surface area contributed by atoms with Crippen LogP contribution in [0, 0.1) is 12.8 Å². The van der Waals surface area contributed by atoms with E-state index in [4.69, 9.17) is 0 Å². The zero-order valence-electron chi connectivity index (χ0n) is 17.2. The van der Waals surface area contributed by atoms with Crippen molar-refractivity contribution in [1.29, 1.82) is 0 Å². The molecule has 1 atom stereocenters. The van der Waals surface area contributed by atoms with Gasteiger partial charge in [0, 0.05) is 37.2 Å². The molecule has 0 aromatic heterocycles. The molecule has 1 heterocycles. The van der Waals surface area contributed by atoms with Crippen molar-refractivity contribution in [3.63, 3.8) is 0 Å². The van der Waals surface area contributed by atoms with Crippen LogP contribution < -0.4 is 21.3 Å². The average Bonchev–Trinajstić information content (AvgIpc) is 2.76. The Hall–Kier alpha value is -3.55. The van der Waals surface area contributed by atoms with Gasteiger partial charge in [0.15, 0.2) is 0 Å². The minimum Gasteiger partial charge on any atom is -0.359 e. The number of piperidine rings is 1. The van der Waals surface area contributed by atoms with E-state index in [1.165, 1.54) is 0 Å². The van der Waals surface area contributed by atoms with E-state index in [0.29, 0.717) is 30.2 Å². The maximum Gasteiger partial charge on any atom is 0.323 e. The number of rotatable bonds is 4. The summed E-state index contributed by atoms with van der Waals surface area (Å²) in [5.41, 5.74) is 3.05. The maximum atomic E-state index is 12.5. The van der Waals surface area contributed by atoms with Crippen molar-refractivity contribution in [2.24, 2.45) is 5.92 Å². The lowest BCUT2D eigenvalue weighted by molar-refractivity contribution is -0.125. The van der Waals surface area contributed by atoms with Gasteiger partial charge in [-0.15, -0.1) is 0 Å². The fraction of sp³-hybridized carbons (Fsp3) is 0.318. The van der Waals surface area contributed by atoms with Gasteiger partial charge in [0.25, 0.3) is 0 Å². The molecule has 5 amide bonds. The van der Waals surface area contributed by atoms with Crippen LogP contribution in [0.1, 0.15) is 18.4 Å². The van der Waals surface area contributed by atoms with E-state index in [1.807, 2.05) is 31.2 Å². The molecule has 8 heteroatoms. The fourth-order valence-corrected chi connectivity index (χ4v) is 3.35. The van der Waals surface area contributed by atoms with Crippen LogP contribution in [0.15, 0.2) is 48.5 Å². The van der Waals surface area contributed by atoms with Crippen molar-refractivity contribution in [1.82, 2.24) is 10.2 Å². The van der Waals surface area contributed by atoms with Gasteiger partial charge in [-0.2, -0.15) is 0 Å². The molecule has 1 fully saturated rings. The maximum absolute atomic E-state index is 12.5. The summed E-state index contributed by atoms with van der Waals surface area (Å²) in [4.78, 5) is 38.1. The number of carbonyl (C=O) groups excluding carboxylic acids is 3. The molecule has 30 heavy (non-hydrogen) atoms. The molecule has 2 aromatic rings. The summed E-state index contributed by atoms with van der Waals surface area (Å²) >= 11 is 0. The lowest BCUT2D eigenvalue weighted by atomic mass is 9.97. The van der Waals surface area contributed by atoms with Crippen molar-refractivity contribution in [3.05, 3.63) is 54.1 Å². The lowest BCUT2D eigenvalue weighted by Gasteiger charge is -2.31. The largest absolute Gasteiger partial charge is 0.359 e. The van der Waals surface area contributed by atoms with Gasteiger partial charge in [0.1, 0.15) is 0 Å². The third kappa shape index (κ3) is 5.73. The van der Waals surface area contributed by atoms with Gasteiger partial charge in [-0.05, 0) is 56.2 Å². The predicted molar refractivity (Wildman–Crippen MR) is 118 cm³/mol. The van der Waals surface area contributed by atoms with Crippen LogP contribution in [0.2, 0.25) is 0 Å². The molecule has 0 saturated carbocycles. The standard InChI is InChI=1S/C22H27N5O3/c1-15-5-7-17(8-6-15)24-21(29)25-18-9-11-19(12-10-18)26-22(30)27-13-3-4-16(14-27)20(28)23-2/h5-12,16H,3-4,13-14H2,1-2H3,(H,23,28)(H,26,30)(H2,24,25,29)/t16-/m1/s1. The Bertz CT molecular complexity index is 896. The van der Waals surface area contributed by atoms with Gasteiger partial charge in [-0.25, -0.2) is 9.59 Å². The highest BCUT2D eigenvalue weighted by Crippen LogP contribution is 2.19. The van der Waals surface area contributed by atoms with Crippen LogP contribution in [0.5, 0.6) is 0 Å². The van der Waals surface area contributed by atoms with Crippen LogP contribution in [0.3, 0.4) is 0 Å². The summed E-state index contributed by atoms with van der Waals surface area (Å²) in [7, 11) is 1.61. The third-order valence-electron chi connectivity index (χ3n) is 5.03. The molecule has 0 aliphatic carbocycles. The van der Waals surface area contributed by atoms with E-state index in [2.05, 4.69) is 21.3 Å². The number of likely N-dealkylation sites (tertiary alicyclic amines) is 1. The molecule has 0 radical (unpaired) electrons. The second kappa shape index (κ2) is 9.78. The van der Waals surface area contributed by atoms with E-state index in [9.17, 15) is 14.4 Å². The minimum absolute atomic E-state index is 0.0353. The van der Waals surface area contributed by atoms with Crippen LogP contribution in [-0.2, 0) is 4.79 Å². The van der Waals surface area contributed by atoms with Gasteiger partial charge in [0.2, 0.25) is 5.91 Å². The molecule has 1 aliphatic rings. The zero-order valence-corrected chi connectivity index (χ0v) is 17.2. The molecule has 0 bridgehead atoms. The lowest BCUT2D eigenvalue weighted by Crippen LogP contribution is -2.46. The Morgan fingerprint density at radius 1 is 0.867 bits per heavy atom. The molecule has 0 unspecified atom stereocenters. The van der Waals surface area contributed by atoms with Gasteiger partial charge in [-0.1, -0.05) is 17.7 Å². The number of aryl methyl sites for hydroxylation is 1. The van der Waals surface area contributed by atoms with E-state index < -0.39 is 0 Å². The molecule has 3 rings (SSSR count). The SMILES string of the molecule is CNC(=O)[C@@H]1CCCN(C(=O)Nc2ccc(NC(=O)Nc3ccc(C)cc3)cc2)C1. The highest BCUT2D eigenvalue weighted by Gasteiger charge is 2.27. The number of benzene rings is 2. The normalized spacial score (nSPS) is 15.8. The van der Waals surface area contributed by atoms with Crippen LogP contribution >= 0.6 is 0 Å². The van der Waals surface area contributed by atoms with E-state index >= 15 is 0 Å². The first kappa shape index (κ1) is 21.2.